The normalized spacial score (nSPS) is 26.0. The standard InChI is InChI=1S/C14H19BrClNO2/c1-3-17-11-8-13(14(11)18-4-2)19-12-6-5-9(16)7-10(12)15/h5-7,11,13-14,17H,3-4,8H2,1-2H3. The molecule has 1 aliphatic carbocycles. The molecule has 106 valence electrons. The zero-order chi connectivity index (χ0) is 13.8. The first-order valence-corrected chi connectivity index (χ1v) is 7.79. The number of hydrogen-bond acceptors (Lipinski definition) is 3. The summed E-state index contributed by atoms with van der Waals surface area (Å²) in [4.78, 5) is 0. The van der Waals surface area contributed by atoms with E-state index in [0.717, 1.165) is 23.2 Å². The maximum absolute atomic E-state index is 6.01. The minimum atomic E-state index is 0.0986. The van der Waals surface area contributed by atoms with Crippen LogP contribution in [0, 0.1) is 0 Å². The van der Waals surface area contributed by atoms with Gasteiger partial charge < -0.3 is 14.8 Å². The minimum Gasteiger partial charge on any atom is -0.486 e. The van der Waals surface area contributed by atoms with Gasteiger partial charge in [0.15, 0.2) is 0 Å². The predicted octanol–water partition coefficient (Wildman–Crippen LogP) is 3.64. The molecule has 0 amide bonds. The van der Waals surface area contributed by atoms with Crippen molar-refractivity contribution in [1.82, 2.24) is 5.32 Å². The third-order valence-electron chi connectivity index (χ3n) is 3.25. The molecule has 0 saturated heterocycles. The van der Waals surface area contributed by atoms with Gasteiger partial charge in [0.05, 0.1) is 4.47 Å². The molecule has 2 rings (SSSR count). The van der Waals surface area contributed by atoms with E-state index in [9.17, 15) is 0 Å². The molecule has 3 nitrogen and oxygen atoms in total. The van der Waals surface area contributed by atoms with Crippen molar-refractivity contribution in [2.24, 2.45) is 0 Å². The number of hydrogen-bond donors (Lipinski definition) is 1. The van der Waals surface area contributed by atoms with Gasteiger partial charge in [-0.05, 0) is 47.6 Å². The topological polar surface area (TPSA) is 30.5 Å². The Morgan fingerprint density at radius 1 is 1.42 bits per heavy atom. The lowest BCUT2D eigenvalue weighted by molar-refractivity contribution is -0.104. The van der Waals surface area contributed by atoms with Crippen molar-refractivity contribution in [2.75, 3.05) is 13.2 Å². The molecule has 0 bridgehead atoms. The molecule has 1 fully saturated rings. The fourth-order valence-corrected chi connectivity index (χ4v) is 3.08. The maximum atomic E-state index is 6.01. The molecule has 0 aromatic heterocycles. The van der Waals surface area contributed by atoms with E-state index in [4.69, 9.17) is 21.1 Å². The summed E-state index contributed by atoms with van der Waals surface area (Å²) in [7, 11) is 0. The summed E-state index contributed by atoms with van der Waals surface area (Å²) in [6, 6.07) is 5.95. The zero-order valence-corrected chi connectivity index (χ0v) is 13.5. The predicted molar refractivity (Wildman–Crippen MR) is 81.1 cm³/mol. The molecular weight excluding hydrogens is 330 g/mol. The molecule has 3 unspecified atom stereocenters. The van der Waals surface area contributed by atoms with Crippen molar-refractivity contribution in [3.8, 4) is 5.75 Å². The van der Waals surface area contributed by atoms with Crippen molar-refractivity contribution < 1.29 is 9.47 Å². The molecule has 3 atom stereocenters. The van der Waals surface area contributed by atoms with Crippen LogP contribution in [-0.4, -0.2) is 31.4 Å². The van der Waals surface area contributed by atoms with Crippen molar-refractivity contribution in [3.63, 3.8) is 0 Å². The van der Waals surface area contributed by atoms with Crippen LogP contribution in [0.2, 0.25) is 5.02 Å². The van der Waals surface area contributed by atoms with Crippen LogP contribution in [0.4, 0.5) is 0 Å². The summed E-state index contributed by atoms with van der Waals surface area (Å²) in [5.74, 6) is 0.814. The Labute approximate surface area is 127 Å². The monoisotopic (exact) mass is 347 g/mol. The molecule has 1 aliphatic rings. The molecular formula is C14H19BrClNO2. The van der Waals surface area contributed by atoms with Crippen LogP contribution in [0.5, 0.6) is 5.75 Å². The van der Waals surface area contributed by atoms with Crippen LogP contribution in [0.1, 0.15) is 20.3 Å². The van der Waals surface area contributed by atoms with Crippen molar-refractivity contribution in [2.45, 2.75) is 38.5 Å². The Bertz CT molecular complexity index is 430. The van der Waals surface area contributed by atoms with E-state index in [1.807, 2.05) is 25.1 Å². The highest BCUT2D eigenvalue weighted by atomic mass is 79.9. The number of halogens is 2. The highest BCUT2D eigenvalue weighted by Gasteiger charge is 2.43. The zero-order valence-electron chi connectivity index (χ0n) is 11.2. The van der Waals surface area contributed by atoms with E-state index >= 15 is 0 Å². The van der Waals surface area contributed by atoms with Crippen LogP contribution >= 0.6 is 27.5 Å². The lowest BCUT2D eigenvalue weighted by atomic mass is 9.85. The van der Waals surface area contributed by atoms with Gasteiger partial charge in [-0.3, -0.25) is 0 Å². The van der Waals surface area contributed by atoms with Crippen molar-refractivity contribution in [1.29, 1.82) is 0 Å². The molecule has 5 heteroatoms. The first-order chi connectivity index (χ1) is 9.15. The Balaban J connectivity index is 1.98. The largest absolute Gasteiger partial charge is 0.486 e. The fraction of sp³-hybridized carbons (Fsp3) is 0.571. The van der Waals surface area contributed by atoms with Crippen LogP contribution in [0.25, 0.3) is 0 Å². The molecule has 0 heterocycles. The van der Waals surface area contributed by atoms with Crippen molar-refractivity contribution in [3.05, 3.63) is 27.7 Å². The molecule has 1 saturated carbocycles. The fourth-order valence-electron chi connectivity index (χ4n) is 2.31. The highest BCUT2D eigenvalue weighted by Crippen LogP contribution is 2.34. The second-order valence-corrected chi connectivity index (χ2v) is 5.84. The smallest absolute Gasteiger partial charge is 0.134 e. The van der Waals surface area contributed by atoms with E-state index in [0.29, 0.717) is 17.7 Å². The maximum Gasteiger partial charge on any atom is 0.134 e. The van der Waals surface area contributed by atoms with E-state index in [1.54, 1.807) is 0 Å². The average Bonchev–Trinajstić information content (AvgIpc) is 2.37. The third-order valence-corrected chi connectivity index (χ3v) is 4.10. The summed E-state index contributed by atoms with van der Waals surface area (Å²) in [5, 5.41) is 4.11. The Morgan fingerprint density at radius 3 is 2.84 bits per heavy atom. The van der Waals surface area contributed by atoms with Gasteiger partial charge in [-0.2, -0.15) is 0 Å². The molecule has 19 heavy (non-hydrogen) atoms. The SMILES string of the molecule is CCNC1CC(Oc2ccc(Cl)cc2Br)C1OCC. The Kier molecular flexibility index (Phi) is 5.51. The quantitative estimate of drug-likeness (QED) is 0.851. The first-order valence-electron chi connectivity index (χ1n) is 6.62. The third kappa shape index (κ3) is 3.63. The van der Waals surface area contributed by atoms with Gasteiger partial charge in [-0.25, -0.2) is 0 Å². The van der Waals surface area contributed by atoms with Crippen LogP contribution in [0.3, 0.4) is 0 Å². The summed E-state index contributed by atoms with van der Waals surface area (Å²) < 4.78 is 12.6. The van der Waals surface area contributed by atoms with E-state index in [-0.39, 0.29) is 12.2 Å². The average molecular weight is 349 g/mol. The van der Waals surface area contributed by atoms with Crippen molar-refractivity contribution >= 4 is 27.5 Å². The van der Waals surface area contributed by atoms with Crippen LogP contribution in [-0.2, 0) is 4.74 Å². The molecule has 1 N–H and O–H groups in total. The lowest BCUT2D eigenvalue weighted by Gasteiger charge is -2.44. The van der Waals surface area contributed by atoms with Gasteiger partial charge in [0, 0.05) is 24.1 Å². The first kappa shape index (κ1) is 15.1. The molecule has 0 radical (unpaired) electrons. The molecule has 0 spiro atoms. The summed E-state index contributed by atoms with van der Waals surface area (Å²) >= 11 is 9.39. The van der Waals surface area contributed by atoms with Gasteiger partial charge in [0.2, 0.25) is 0 Å². The van der Waals surface area contributed by atoms with E-state index in [1.165, 1.54) is 0 Å². The lowest BCUT2D eigenvalue weighted by Crippen LogP contribution is -2.61. The summed E-state index contributed by atoms with van der Waals surface area (Å²) in [5.41, 5.74) is 0. The van der Waals surface area contributed by atoms with Gasteiger partial charge >= 0.3 is 0 Å². The van der Waals surface area contributed by atoms with E-state index < -0.39 is 0 Å². The Morgan fingerprint density at radius 2 is 2.21 bits per heavy atom. The van der Waals surface area contributed by atoms with Gasteiger partial charge in [-0.1, -0.05) is 18.5 Å². The minimum absolute atomic E-state index is 0.0986. The number of likely N-dealkylation sites (N-methyl/N-ethyl adjacent to an activating group) is 1. The van der Waals surface area contributed by atoms with Gasteiger partial charge in [0.25, 0.3) is 0 Å². The second-order valence-electron chi connectivity index (χ2n) is 4.55. The molecule has 1 aromatic carbocycles. The number of ether oxygens (including phenoxy) is 2. The van der Waals surface area contributed by atoms with Crippen LogP contribution in [0.15, 0.2) is 22.7 Å². The number of rotatable bonds is 6. The summed E-state index contributed by atoms with van der Waals surface area (Å²) in [6.07, 6.45) is 1.18. The molecule has 1 aromatic rings. The summed E-state index contributed by atoms with van der Waals surface area (Å²) in [6.45, 7) is 5.77. The number of benzene rings is 1. The molecule has 0 aliphatic heterocycles. The second kappa shape index (κ2) is 6.93. The van der Waals surface area contributed by atoms with Gasteiger partial charge in [-0.15, -0.1) is 0 Å². The van der Waals surface area contributed by atoms with Crippen LogP contribution < -0.4 is 10.1 Å². The highest BCUT2D eigenvalue weighted by molar-refractivity contribution is 9.10. The van der Waals surface area contributed by atoms with Gasteiger partial charge in [0.1, 0.15) is 18.0 Å². The Hall–Kier alpha value is -0.290. The number of nitrogens with one attached hydrogen (secondary N) is 1. The van der Waals surface area contributed by atoms with E-state index in [2.05, 4.69) is 28.2 Å².